The molecular formula is C42H73N21O17. The van der Waals surface area contributed by atoms with Gasteiger partial charge in [0.05, 0.1) is 51.6 Å². The lowest BCUT2D eigenvalue weighted by Crippen LogP contribution is -2.58. The van der Waals surface area contributed by atoms with Crippen molar-refractivity contribution in [1.29, 1.82) is 0 Å². The maximum atomic E-state index is 13.5. The normalized spacial score (nSPS) is 13.0. The van der Waals surface area contributed by atoms with Crippen molar-refractivity contribution in [3.63, 3.8) is 0 Å². The van der Waals surface area contributed by atoms with Crippen molar-refractivity contribution in [2.75, 3.05) is 52.4 Å². The van der Waals surface area contributed by atoms with Crippen LogP contribution in [0.4, 0.5) is 0 Å². The second kappa shape index (κ2) is 38.0. The molecule has 0 aliphatic carbocycles. The van der Waals surface area contributed by atoms with Gasteiger partial charge in [0.25, 0.3) is 0 Å². The minimum absolute atomic E-state index is 0.0103. The van der Waals surface area contributed by atoms with Crippen LogP contribution in [0, 0.1) is 0 Å². The topological polar surface area (TPSA) is 651 Å². The lowest BCUT2D eigenvalue weighted by Gasteiger charge is -2.24. The zero-order valence-electron chi connectivity index (χ0n) is 43.8. The number of hydrogen-bond acceptors (Lipinski definition) is 18. The highest BCUT2D eigenvalue weighted by Crippen LogP contribution is 2.04. The number of nitrogens with two attached hydrogens (primary N) is 7. The fraction of sp³-hybridized carbons (Fsp3) is 0.595. The number of carbonyl (C=O) groups is 14. The van der Waals surface area contributed by atoms with E-state index in [4.69, 9.17) is 50.3 Å². The Morgan fingerprint density at radius 1 is 0.375 bits per heavy atom. The number of aliphatic imine (C=N–C) groups is 3. The van der Waals surface area contributed by atoms with Crippen molar-refractivity contribution in [2.24, 2.45) is 55.1 Å². The van der Waals surface area contributed by atoms with Crippen molar-refractivity contribution >= 4 is 101 Å². The zero-order chi connectivity index (χ0) is 61.1. The summed E-state index contributed by atoms with van der Waals surface area (Å²) in [6.07, 6.45) is -1.61. The molecule has 28 N–H and O–H groups in total. The van der Waals surface area contributed by atoms with E-state index in [1.807, 2.05) is 5.32 Å². The molecule has 0 heterocycles. The van der Waals surface area contributed by atoms with Crippen LogP contribution in [0.15, 0.2) is 15.0 Å². The number of nitrogens with one attached hydrogen (secondary N) is 11. The average molecular weight is 1140 g/mol. The summed E-state index contributed by atoms with van der Waals surface area (Å²) >= 11 is 0. The zero-order valence-corrected chi connectivity index (χ0v) is 43.8. The molecule has 0 saturated carbocycles. The number of amides is 11. The van der Waals surface area contributed by atoms with E-state index in [-0.39, 0.29) is 69.6 Å². The van der Waals surface area contributed by atoms with Gasteiger partial charge in [-0.25, -0.2) is 4.79 Å². The third-order valence-corrected chi connectivity index (χ3v) is 10.2. The number of hydrogen-bond donors (Lipinski definition) is 21. The van der Waals surface area contributed by atoms with Crippen LogP contribution in [0.25, 0.3) is 0 Å². The van der Waals surface area contributed by atoms with Crippen molar-refractivity contribution in [2.45, 2.75) is 108 Å². The van der Waals surface area contributed by atoms with Crippen LogP contribution in [-0.4, -0.2) is 211 Å². The first kappa shape index (κ1) is 70.3. The minimum atomic E-state index is -1.83. The van der Waals surface area contributed by atoms with Gasteiger partial charge in [-0.2, -0.15) is 0 Å². The molecule has 0 aromatic heterocycles. The monoisotopic (exact) mass is 1140 g/mol. The van der Waals surface area contributed by atoms with Gasteiger partial charge in [0.15, 0.2) is 17.9 Å². The van der Waals surface area contributed by atoms with Crippen LogP contribution in [0.1, 0.15) is 65.2 Å². The first-order chi connectivity index (χ1) is 37.4. The largest absolute Gasteiger partial charge is 0.481 e. The van der Waals surface area contributed by atoms with Crippen molar-refractivity contribution in [1.82, 2.24) is 58.5 Å². The fourth-order valence-corrected chi connectivity index (χ4v) is 6.14. The molecule has 0 aliphatic heterocycles. The van der Waals surface area contributed by atoms with Gasteiger partial charge in [0.2, 0.25) is 65.0 Å². The third-order valence-electron chi connectivity index (χ3n) is 10.2. The van der Waals surface area contributed by atoms with E-state index in [0.717, 1.165) is 0 Å². The summed E-state index contributed by atoms with van der Waals surface area (Å²) in [5.41, 5.74) is 37.6. The van der Waals surface area contributed by atoms with Crippen molar-refractivity contribution < 1.29 is 82.4 Å². The third kappa shape index (κ3) is 33.4. The highest BCUT2D eigenvalue weighted by molar-refractivity contribution is 5.98. The van der Waals surface area contributed by atoms with E-state index in [0.29, 0.717) is 6.42 Å². The van der Waals surface area contributed by atoms with Crippen LogP contribution in [0.5, 0.6) is 0 Å². The summed E-state index contributed by atoms with van der Waals surface area (Å²) in [6.45, 7) is -1.11. The molecule has 0 unspecified atom stereocenters. The van der Waals surface area contributed by atoms with E-state index in [1.165, 1.54) is 13.8 Å². The van der Waals surface area contributed by atoms with Crippen LogP contribution in [0.3, 0.4) is 0 Å². The summed E-state index contributed by atoms with van der Waals surface area (Å²) in [5.74, 6) is -16.0. The van der Waals surface area contributed by atoms with Gasteiger partial charge < -0.3 is 114 Å². The number of carboxylic acids is 3. The maximum Gasteiger partial charge on any atom is 0.326 e. The molecule has 38 nitrogen and oxygen atoms in total. The van der Waals surface area contributed by atoms with E-state index < -0.39 is 171 Å². The van der Waals surface area contributed by atoms with Crippen molar-refractivity contribution in [3.8, 4) is 0 Å². The summed E-state index contributed by atoms with van der Waals surface area (Å²) in [6, 6.07) is -10.3. The van der Waals surface area contributed by atoms with Crippen LogP contribution < -0.4 is 98.6 Å². The molecule has 11 amide bonds. The molecule has 448 valence electrons. The van der Waals surface area contributed by atoms with E-state index in [1.54, 1.807) is 0 Å². The number of aliphatic carboxylic acids is 3. The predicted molar refractivity (Wildman–Crippen MR) is 278 cm³/mol. The van der Waals surface area contributed by atoms with Gasteiger partial charge in [-0.3, -0.25) is 77.3 Å². The lowest BCUT2D eigenvalue weighted by molar-refractivity contribution is -0.147. The van der Waals surface area contributed by atoms with E-state index in [9.17, 15) is 72.2 Å². The predicted octanol–water partition coefficient (Wildman–Crippen LogP) is -12.0. The molecule has 0 bridgehead atoms. The Morgan fingerprint density at radius 3 is 1.20 bits per heavy atom. The SMILES string of the molecule is C[C@H](NC(=O)CNC(=O)[C@@H](N)CCCN=C(N)N)C(=O)N[C@@H](CC(=O)O)C(=O)N[C@@H](CCCN=C(N)N)C(=O)N[C@@H](C)C(=O)NCC(=O)NCC(=O)NCC(=O)N[C@@H](CCCN=C(N)N)C(=O)NCC(=O)N[C@@H](CC(=O)O)C(=O)O. The van der Waals surface area contributed by atoms with Gasteiger partial charge in [-0.05, 0) is 52.4 Å². The quantitative estimate of drug-likeness (QED) is 0.0154. The first-order valence-corrected chi connectivity index (χ1v) is 24.2. The molecule has 7 atom stereocenters. The summed E-state index contributed by atoms with van der Waals surface area (Å²) in [4.78, 5) is 186. The Balaban J connectivity index is 5.48. The Morgan fingerprint density at radius 2 is 0.725 bits per heavy atom. The Bertz CT molecular complexity index is 2300. The van der Waals surface area contributed by atoms with Crippen molar-refractivity contribution in [3.05, 3.63) is 0 Å². The van der Waals surface area contributed by atoms with Crippen LogP contribution >= 0.6 is 0 Å². The highest BCUT2D eigenvalue weighted by atomic mass is 16.4. The number of nitrogens with zero attached hydrogens (tertiary/aromatic N) is 3. The maximum absolute atomic E-state index is 13.5. The molecule has 0 aromatic rings. The van der Waals surface area contributed by atoms with Gasteiger partial charge in [0, 0.05) is 19.6 Å². The average Bonchev–Trinajstić information content (AvgIpc) is 3.36. The second-order valence-electron chi connectivity index (χ2n) is 17.1. The molecule has 0 radical (unpaired) electrons. The van der Waals surface area contributed by atoms with Crippen LogP contribution in [-0.2, 0) is 67.1 Å². The van der Waals surface area contributed by atoms with Crippen LogP contribution in [0.2, 0.25) is 0 Å². The fourth-order valence-electron chi connectivity index (χ4n) is 6.14. The van der Waals surface area contributed by atoms with E-state index >= 15 is 0 Å². The molecule has 0 spiro atoms. The molecule has 80 heavy (non-hydrogen) atoms. The number of carboxylic acid groups (broad SMARTS) is 3. The highest BCUT2D eigenvalue weighted by Gasteiger charge is 2.32. The van der Waals surface area contributed by atoms with Gasteiger partial charge in [-0.1, -0.05) is 0 Å². The second-order valence-corrected chi connectivity index (χ2v) is 17.1. The minimum Gasteiger partial charge on any atom is -0.481 e. The van der Waals surface area contributed by atoms with Gasteiger partial charge >= 0.3 is 17.9 Å². The molecule has 0 fully saturated rings. The molecule has 0 rings (SSSR count). The molecular weight excluding hydrogens is 1070 g/mol. The molecule has 0 saturated heterocycles. The standard InChI is InChI=1S/C42H73N21O17/c1-19(33(73)55-15-27(65)53-14-26(64)54-16-29(67)60-22(7-4-10-51-41(46)47)36(76)57-18-30(68)61-25(39(79)80)13-32(71)72)59-37(77)23(8-5-11-52-42(48)49)62-38(78)24(12-31(69)70)63-34(74)20(2)58-28(66)17-56-35(75)21(43)6-3-9-50-40(44)45/h19-25H,3-18,43H2,1-2H3,(H,53,65)(H,54,64)(H,55,73)(H,56,75)(H,57,76)(H,58,66)(H,59,77)(H,60,67)(H,61,68)(H,62,78)(H,63,74)(H,69,70)(H,71,72)(H,79,80)(H4,44,45,50)(H4,46,47,51)(H4,48,49,52)/t19-,20-,21-,22-,23-,24-,25-/m0/s1. The van der Waals surface area contributed by atoms with E-state index in [2.05, 4.69) is 68.1 Å². The Kier molecular flexibility index (Phi) is 33.4. The number of rotatable bonds is 39. The Hall–Kier alpha value is -9.65. The lowest BCUT2D eigenvalue weighted by atomic mass is 10.1. The molecule has 0 aromatic carbocycles. The summed E-state index contributed by atoms with van der Waals surface area (Å²) in [5, 5.41) is 51.9. The number of guanidine groups is 3. The smallest absolute Gasteiger partial charge is 0.326 e. The summed E-state index contributed by atoms with van der Waals surface area (Å²) < 4.78 is 0. The molecule has 38 heteroatoms. The van der Waals surface area contributed by atoms with Gasteiger partial charge in [-0.15, -0.1) is 0 Å². The Labute approximate surface area is 455 Å². The number of carbonyl (C=O) groups excluding carboxylic acids is 11. The molecule has 0 aliphatic rings. The van der Waals surface area contributed by atoms with Gasteiger partial charge in [0.1, 0.15) is 36.3 Å². The first-order valence-electron chi connectivity index (χ1n) is 24.2. The summed E-state index contributed by atoms with van der Waals surface area (Å²) in [7, 11) is 0.